The summed E-state index contributed by atoms with van der Waals surface area (Å²) in [6.45, 7) is 6.02. The number of hydrogen-bond acceptors (Lipinski definition) is 4. The Morgan fingerprint density at radius 3 is 2.49 bits per heavy atom. The minimum absolute atomic E-state index is 0.0944. The summed E-state index contributed by atoms with van der Waals surface area (Å²) < 4.78 is 0. The van der Waals surface area contributed by atoms with Gasteiger partial charge < -0.3 is 15.1 Å². The molecule has 212 valence electrons. The summed E-state index contributed by atoms with van der Waals surface area (Å²) in [7, 11) is 4.19. The van der Waals surface area contributed by atoms with Gasteiger partial charge in [0.2, 0.25) is 11.8 Å². The molecule has 6 nitrogen and oxygen atoms in total. The number of carbonyl (C=O) groups is 2. The fourth-order valence-corrected chi connectivity index (χ4v) is 6.31. The standard InChI is InChI=1S/C31H42Cl2N4O2/c1-21(2)16-28(30(38)34-19-23-11-13-26(32)27(33)17-23)36-15-14-24(12-10-22-8-6-5-7-9-22)37-20-25(35(3)4)18-29(37)31(36)39/h5-9,11,13,17,21,24-25,28-29H,10,12,14-16,18-20H2,1-4H3,(H,34,38)/t24?,25-,28-,29+/m1/s1. The van der Waals surface area contributed by atoms with E-state index < -0.39 is 6.04 Å². The Bertz CT molecular complexity index is 1130. The molecule has 1 unspecified atom stereocenters. The first-order valence-corrected chi connectivity index (χ1v) is 14.9. The van der Waals surface area contributed by atoms with Crippen LogP contribution in [0.25, 0.3) is 0 Å². The van der Waals surface area contributed by atoms with Gasteiger partial charge in [0, 0.05) is 31.7 Å². The van der Waals surface area contributed by atoms with Gasteiger partial charge in [-0.25, -0.2) is 0 Å². The molecule has 4 atom stereocenters. The van der Waals surface area contributed by atoms with Crippen molar-refractivity contribution in [3.05, 3.63) is 69.7 Å². The van der Waals surface area contributed by atoms with Gasteiger partial charge in [0.15, 0.2) is 0 Å². The quantitative estimate of drug-likeness (QED) is 0.421. The van der Waals surface area contributed by atoms with E-state index in [1.54, 1.807) is 12.1 Å². The molecular formula is C31H42Cl2N4O2. The molecule has 2 aliphatic rings. The van der Waals surface area contributed by atoms with Gasteiger partial charge in [-0.05, 0) is 75.4 Å². The Labute approximate surface area is 243 Å². The van der Waals surface area contributed by atoms with Crippen LogP contribution >= 0.6 is 23.2 Å². The average Bonchev–Trinajstić information content (AvgIpc) is 3.31. The molecule has 0 aliphatic carbocycles. The van der Waals surface area contributed by atoms with Crippen LogP contribution < -0.4 is 5.32 Å². The van der Waals surface area contributed by atoms with Gasteiger partial charge in [-0.3, -0.25) is 14.5 Å². The highest BCUT2D eigenvalue weighted by Gasteiger charge is 2.46. The number of rotatable bonds is 10. The van der Waals surface area contributed by atoms with Crippen LogP contribution in [0.1, 0.15) is 50.7 Å². The highest BCUT2D eigenvalue weighted by molar-refractivity contribution is 6.42. The van der Waals surface area contributed by atoms with Crippen LogP contribution in [0.5, 0.6) is 0 Å². The molecule has 39 heavy (non-hydrogen) atoms. The zero-order chi connectivity index (χ0) is 28.1. The number of amides is 2. The third-order valence-corrected chi connectivity index (χ3v) is 8.96. The second-order valence-corrected chi connectivity index (χ2v) is 12.5. The first kappa shape index (κ1) is 29.9. The molecule has 2 aromatic rings. The SMILES string of the molecule is CC(C)C[C@H](C(=O)NCc1ccc(Cl)c(Cl)c1)N1CCC(CCc2ccccc2)N2C[C@H](N(C)C)C[C@H]2C1=O. The molecule has 0 radical (unpaired) electrons. The predicted octanol–water partition coefficient (Wildman–Crippen LogP) is 5.26. The van der Waals surface area contributed by atoms with Crippen LogP contribution in [-0.4, -0.2) is 77.9 Å². The molecule has 2 amide bonds. The Hall–Kier alpha value is -2.12. The average molecular weight is 574 g/mol. The summed E-state index contributed by atoms with van der Waals surface area (Å²) in [6, 6.07) is 15.9. The van der Waals surface area contributed by atoms with E-state index in [0.717, 1.165) is 37.8 Å². The molecule has 0 spiro atoms. The first-order chi connectivity index (χ1) is 18.6. The molecule has 1 N–H and O–H groups in total. The Morgan fingerprint density at radius 1 is 1.08 bits per heavy atom. The number of nitrogens with zero attached hydrogens (tertiary/aromatic N) is 3. The molecule has 0 bridgehead atoms. The Kier molecular flexibility index (Phi) is 10.3. The first-order valence-electron chi connectivity index (χ1n) is 14.1. The molecule has 2 aliphatic heterocycles. The van der Waals surface area contributed by atoms with Crippen molar-refractivity contribution in [3.63, 3.8) is 0 Å². The fraction of sp³-hybridized carbons (Fsp3) is 0.548. The number of nitrogens with one attached hydrogen (secondary N) is 1. The molecule has 2 saturated heterocycles. The van der Waals surface area contributed by atoms with Crippen molar-refractivity contribution in [3.8, 4) is 0 Å². The third-order valence-electron chi connectivity index (χ3n) is 8.22. The maximum atomic E-state index is 14.2. The van der Waals surface area contributed by atoms with Crippen molar-refractivity contribution in [2.75, 3.05) is 27.2 Å². The summed E-state index contributed by atoms with van der Waals surface area (Å²) in [5, 5.41) is 4.02. The Balaban J connectivity index is 1.53. The number of fused-ring (bicyclic) bond motifs is 1. The minimum Gasteiger partial charge on any atom is -0.350 e. The normalized spacial score (nSPS) is 22.7. The highest BCUT2D eigenvalue weighted by Crippen LogP contribution is 2.32. The second-order valence-electron chi connectivity index (χ2n) is 11.7. The van der Waals surface area contributed by atoms with E-state index in [4.69, 9.17) is 23.2 Å². The minimum atomic E-state index is -0.506. The molecule has 4 rings (SSSR count). The lowest BCUT2D eigenvalue weighted by Crippen LogP contribution is -2.53. The number of aryl methyl sites for hydroxylation is 1. The fourth-order valence-electron chi connectivity index (χ4n) is 5.99. The van der Waals surface area contributed by atoms with Crippen molar-refractivity contribution in [1.29, 1.82) is 0 Å². The van der Waals surface area contributed by atoms with E-state index in [-0.39, 0.29) is 23.8 Å². The lowest BCUT2D eigenvalue weighted by molar-refractivity contribution is -0.143. The van der Waals surface area contributed by atoms with Crippen molar-refractivity contribution < 1.29 is 9.59 Å². The molecule has 2 fully saturated rings. The number of halogens is 2. The molecule has 2 heterocycles. The van der Waals surface area contributed by atoms with Gasteiger partial charge in [0.25, 0.3) is 0 Å². The van der Waals surface area contributed by atoms with E-state index >= 15 is 0 Å². The van der Waals surface area contributed by atoms with Crippen LogP contribution in [0, 0.1) is 5.92 Å². The number of carbonyl (C=O) groups excluding carboxylic acids is 2. The third kappa shape index (κ3) is 7.55. The highest BCUT2D eigenvalue weighted by atomic mass is 35.5. The van der Waals surface area contributed by atoms with E-state index in [9.17, 15) is 9.59 Å². The largest absolute Gasteiger partial charge is 0.350 e. The summed E-state index contributed by atoms with van der Waals surface area (Å²) in [6.07, 6.45) is 4.26. The van der Waals surface area contributed by atoms with E-state index in [0.29, 0.717) is 41.6 Å². The van der Waals surface area contributed by atoms with Gasteiger partial charge >= 0.3 is 0 Å². The molecule has 0 saturated carbocycles. The van der Waals surface area contributed by atoms with Crippen LogP contribution in [0.3, 0.4) is 0 Å². The summed E-state index contributed by atoms with van der Waals surface area (Å²) in [5.41, 5.74) is 2.20. The second kappa shape index (κ2) is 13.5. The van der Waals surface area contributed by atoms with E-state index in [1.165, 1.54) is 5.56 Å². The van der Waals surface area contributed by atoms with E-state index in [1.807, 2.05) is 17.0 Å². The molecule has 2 aromatic carbocycles. The van der Waals surface area contributed by atoms with Gasteiger partial charge in [-0.15, -0.1) is 0 Å². The maximum absolute atomic E-state index is 14.2. The smallest absolute Gasteiger partial charge is 0.243 e. The van der Waals surface area contributed by atoms with Gasteiger partial charge in [0.05, 0.1) is 16.1 Å². The lowest BCUT2D eigenvalue weighted by Gasteiger charge is -2.33. The molecule has 8 heteroatoms. The van der Waals surface area contributed by atoms with Crippen LogP contribution in [0.4, 0.5) is 0 Å². The lowest BCUT2D eigenvalue weighted by atomic mass is 9.99. The maximum Gasteiger partial charge on any atom is 0.243 e. The van der Waals surface area contributed by atoms with Crippen molar-refractivity contribution in [2.45, 2.75) is 76.7 Å². The van der Waals surface area contributed by atoms with Gasteiger partial charge in [-0.1, -0.05) is 73.4 Å². The van der Waals surface area contributed by atoms with Crippen LogP contribution in [-0.2, 0) is 22.6 Å². The monoisotopic (exact) mass is 572 g/mol. The number of likely N-dealkylation sites (N-methyl/N-ethyl adjacent to an activating group) is 1. The summed E-state index contributed by atoms with van der Waals surface area (Å²) in [4.78, 5) is 34.3. The summed E-state index contributed by atoms with van der Waals surface area (Å²) in [5.74, 6) is 0.251. The van der Waals surface area contributed by atoms with Crippen molar-refractivity contribution >= 4 is 35.0 Å². The van der Waals surface area contributed by atoms with E-state index in [2.05, 4.69) is 67.3 Å². The van der Waals surface area contributed by atoms with Gasteiger partial charge in [-0.2, -0.15) is 0 Å². The molecule has 0 aromatic heterocycles. The predicted molar refractivity (Wildman–Crippen MR) is 159 cm³/mol. The topological polar surface area (TPSA) is 55.9 Å². The Morgan fingerprint density at radius 2 is 1.82 bits per heavy atom. The number of hydrogen-bond donors (Lipinski definition) is 1. The zero-order valence-corrected chi connectivity index (χ0v) is 25.1. The van der Waals surface area contributed by atoms with Crippen molar-refractivity contribution in [2.24, 2.45) is 5.92 Å². The van der Waals surface area contributed by atoms with Crippen LogP contribution in [0.2, 0.25) is 10.0 Å². The van der Waals surface area contributed by atoms with Crippen molar-refractivity contribution in [1.82, 2.24) is 20.0 Å². The van der Waals surface area contributed by atoms with Gasteiger partial charge in [0.1, 0.15) is 6.04 Å². The molecular weight excluding hydrogens is 531 g/mol. The van der Waals surface area contributed by atoms with Crippen LogP contribution in [0.15, 0.2) is 48.5 Å². The zero-order valence-electron chi connectivity index (χ0n) is 23.6. The number of benzene rings is 2. The summed E-state index contributed by atoms with van der Waals surface area (Å²) >= 11 is 12.2.